The van der Waals surface area contributed by atoms with Crippen LogP contribution in [0.1, 0.15) is 6.42 Å². The van der Waals surface area contributed by atoms with Gasteiger partial charge in [-0.2, -0.15) is 0 Å². The molecule has 1 aromatic rings. The summed E-state index contributed by atoms with van der Waals surface area (Å²) in [5, 5.41) is 6.43. The molecule has 0 aromatic heterocycles. The van der Waals surface area contributed by atoms with Gasteiger partial charge in [-0.25, -0.2) is 0 Å². The Kier molecular flexibility index (Phi) is 9.46. The van der Waals surface area contributed by atoms with Crippen molar-refractivity contribution < 1.29 is 9.53 Å². The van der Waals surface area contributed by atoms with E-state index >= 15 is 0 Å². The van der Waals surface area contributed by atoms with Crippen LogP contribution in [0, 0.1) is 0 Å². The molecule has 2 N–H and O–H groups in total. The average molecular weight is 293 g/mol. The van der Waals surface area contributed by atoms with E-state index in [2.05, 4.69) is 10.6 Å². The van der Waals surface area contributed by atoms with Gasteiger partial charge in [0.05, 0.1) is 0 Å². The van der Waals surface area contributed by atoms with Gasteiger partial charge < -0.3 is 15.4 Å². The Bertz CT molecular complexity index is 344. The van der Waals surface area contributed by atoms with Crippen molar-refractivity contribution in [2.45, 2.75) is 6.42 Å². The predicted octanol–water partition coefficient (Wildman–Crippen LogP) is 1.87. The lowest BCUT2D eigenvalue weighted by molar-refractivity contribution is -0.123. The lowest BCUT2D eigenvalue weighted by Gasteiger charge is -2.07. The summed E-state index contributed by atoms with van der Waals surface area (Å²) in [6.07, 6.45) is 0.906. The predicted molar refractivity (Wildman–Crippen MR) is 75.7 cm³/mol. The number of benzene rings is 1. The van der Waals surface area contributed by atoms with Crippen molar-refractivity contribution >= 4 is 29.9 Å². The first-order chi connectivity index (χ1) is 8.22. The fourth-order valence-electron chi connectivity index (χ4n) is 1.22. The van der Waals surface area contributed by atoms with E-state index < -0.39 is 0 Å². The second kappa shape index (κ2) is 10.00. The molecule has 0 heterocycles. The zero-order valence-electron chi connectivity index (χ0n) is 10.2. The Morgan fingerprint density at radius 3 is 2.56 bits per heavy atom. The zero-order valence-corrected chi connectivity index (χ0v) is 11.8. The monoisotopic (exact) mass is 292 g/mol. The molecule has 1 rings (SSSR count). The van der Waals surface area contributed by atoms with Crippen LogP contribution in [-0.4, -0.2) is 32.7 Å². The van der Waals surface area contributed by atoms with E-state index in [1.54, 1.807) is 24.3 Å². The van der Waals surface area contributed by atoms with Crippen molar-refractivity contribution in [3.8, 4) is 5.75 Å². The number of carbonyl (C=O) groups excluding carboxylic acids is 1. The fraction of sp³-hybridized carbons (Fsp3) is 0.417. The van der Waals surface area contributed by atoms with E-state index in [1.165, 1.54) is 0 Å². The van der Waals surface area contributed by atoms with Gasteiger partial charge in [-0.05, 0) is 44.3 Å². The second-order valence-electron chi connectivity index (χ2n) is 3.55. The van der Waals surface area contributed by atoms with Crippen molar-refractivity contribution in [3.05, 3.63) is 29.3 Å². The summed E-state index contributed by atoms with van der Waals surface area (Å²) in [5.74, 6) is 0.524. The first-order valence-corrected chi connectivity index (χ1v) is 5.90. The van der Waals surface area contributed by atoms with Crippen LogP contribution in [0.5, 0.6) is 5.75 Å². The molecular weight excluding hydrogens is 275 g/mol. The Labute approximate surface area is 118 Å². The smallest absolute Gasteiger partial charge is 0.257 e. The molecule has 18 heavy (non-hydrogen) atoms. The van der Waals surface area contributed by atoms with E-state index in [1.807, 2.05) is 7.05 Å². The van der Waals surface area contributed by atoms with Crippen molar-refractivity contribution in [1.29, 1.82) is 0 Å². The van der Waals surface area contributed by atoms with Crippen LogP contribution < -0.4 is 15.4 Å². The standard InChI is InChI=1S/C12H17ClN2O2.ClH/c1-14-7-2-8-15-12(16)9-17-11-5-3-10(13)4-6-11;/h3-6,14H,2,7-9H2,1H3,(H,15,16);1H. The van der Waals surface area contributed by atoms with Crippen LogP contribution >= 0.6 is 24.0 Å². The number of hydrogen-bond acceptors (Lipinski definition) is 3. The Hall–Kier alpha value is -0.970. The summed E-state index contributed by atoms with van der Waals surface area (Å²) in [5.41, 5.74) is 0. The normalized spacial score (nSPS) is 9.44. The van der Waals surface area contributed by atoms with Gasteiger partial charge in [0.15, 0.2) is 6.61 Å². The van der Waals surface area contributed by atoms with Gasteiger partial charge in [0, 0.05) is 11.6 Å². The van der Waals surface area contributed by atoms with Crippen LogP contribution in [0.15, 0.2) is 24.3 Å². The number of amides is 1. The van der Waals surface area contributed by atoms with E-state index in [9.17, 15) is 4.79 Å². The highest BCUT2D eigenvalue weighted by Gasteiger charge is 2.01. The largest absolute Gasteiger partial charge is 0.484 e. The lowest BCUT2D eigenvalue weighted by atomic mass is 10.3. The quantitative estimate of drug-likeness (QED) is 0.755. The summed E-state index contributed by atoms with van der Waals surface area (Å²) in [7, 11) is 1.88. The van der Waals surface area contributed by atoms with Gasteiger partial charge >= 0.3 is 0 Å². The molecule has 0 aliphatic carbocycles. The third-order valence-electron chi connectivity index (χ3n) is 2.11. The van der Waals surface area contributed by atoms with Gasteiger partial charge in [0.1, 0.15) is 5.75 Å². The summed E-state index contributed by atoms with van der Waals surface area (Å²) in [4.78, 5) is 11.4. The minimum Gasteiger partial charge on any atom is -0.484 e. The molecule has 4 nitrogen and oxygen atoms in total. The maximum absolute atomic E-state index is 11.4. The van der Waals surface area contributed by atoms with E-state index in [0.29, 0.717) is 17.3 Å². The van der Waals surface area contributed by atoms with Crippen LogP contribution in [0.25, 0.3) is 0 Å². The molecule has 0 radical (unpaired) electrons. The zero-order chi connectivity index (χ0) is 12.5. The third kappa shape index (κ3) is 7.37. The second-order valence-corrected chi connectivity index (χ2v) is 3.99. The SMILES string of the molecule is CNCCCNC(=O)COc1ccc(Cl)cc1.Cl. The highest BCUT2D eigenvalue weighted by atomic mass is 35.5. The van der Waals surface area contributed by atoms with Crippen LogP contribution in [0.3, 0.4) is 0 Å². The molecule has 0 spiro atoms. The van der Waals surface area contributed by atoms with Gasteiger partial charge in [-0.3, -0.25) is 4.79 Å². The van der Waals surface area contributed by atoms with Crippen LogP contribution in [0.2, 0.25) is 5.02 Å². The number of carbonyl (C=O) groups is 1. The number of hydrogen-bond donors (Lipinski definition) is 2. The molecule has 0 unspecified atom stereocenters. The first-order valence-electron chi connectivity index (χ1n) is 5.52. The highest BCUT2D eigenvalue weighted by molar-refractivity contribution is 6.30. The molecule has 0 bridgehead atoms. The van der Waals surface area contributed by atoms with Gasteiger partial charge in [-0.15, -0.1) is 12.4 Å². The third-order valence-corrected chi connectivity index (χ3v) is 2.36. The van der Waals surface area contributed by atoms with E-state index in [0.717, 1.165) is 13.0 Å². The van der Waals surface area contributed by atoms with E-state index in [-0.39, 0.29) is 24.9 Å². The Morgan fingerprint density at radius 2 is 1.94 bits per heavy atom. The molecule has 0 aliphatic heterocycles. The maximum Gasteiger partial charge on any atom is 0.257 e. The van der Waals surface area contributed by atoms with Gasteiger partial charge in [0.25, 0.3) is 5.91 Å². The number of ether oxygens (including phenoxy) is 1. The molecule has 0 fully saturated rings. The lowest BCUT2D eigenvalue weighted by Crippen LogP contribution is -2.30. The number of halogens is 2. The summed E-state index contributed by atoms with van der Waals surface area (Å²) in [6.45, 7) is 1.57. The average Bonchev–Trinajstić information content (AvgIpc) is 2.34. The molecule has 0 aliphatic rings. The minimum atomic E-state index is -0.115. The van der Waals surface area contributed by atoms with Crippen LogP contribution in [0.4, 0.5) is 0 Å². The fourth-order valence-corrected chi connectivity index (χ4v) is 1.35. The summed E-state index contributed by atoms with van der Waals surface area (Å²) >= 11 is 5.73. The molecular formula is C12H18Cl2N2O2. The van der Waals surface area contributed by atoms with Crippen molar-refractivity contribution in [3.63, 3.8) is 0 Å². The number of nitrogens with one attached hydrogen (secondary N) is 2. The van der Waals surface area contributed by atoms with E-state index in [4.69, 9.17) is 16.3 Å². The van der Waals surface area contributed by atoms with Crippen LogP contribution in [-0.2, 0) is 4.79 Å². The molecule has 6 heteroatoms. The summed E-state index contributed by atoms with van der Waals surface area (Å²) in [6, 6.07) is 6.91. The molecule has 0 atom stereocenters. The molecule has 0 saturated heterocycles. The highest BCUT2D eigenvalue weighted by Crippen LogP contribution is 2.15. The summed E-state index contributed by atoms with van der Waals surface area (Å²) < 4.78 is 5.29. The van der Waals surface area contributed by atoms with Gasteiger partial charge in [-0.1, -0.05) is 11.6 Å². The molecule has 102 valence electrons. The van der Waals surface area contributed by atoms with Crippen molar-refractivity contribution in [2.75, 3.05) is 26.7 Å². The topological polar surface area (TPSA) is 50.4 Å². The Balaban J connectivity index is 0.00000289. The first kappa shape index (κ1) is 17.0. The van der Waals surface area contributed by atoms with Crippen molar-refractivity contribution in [2.24, 2.45) is 0 Å². The maximum atomic E-state index is 11.4. The minimum absolute atomic E-state index is 0. The number of rotatable bonds is 7. The molecule has 1 amide bonds. The van der Waals surface area contributed by atoms with Crippen molar-refractivity contribution in [1.82, 2.24) is 10.6 Å². The Morgan fingerprint density at radius 1 is 1.28 bits per heavy atom. The van der Waals surface area contributed by atoms with Gasteiger partial charge in [0.2, 0.25) is 0 Å². The molecule has 1 aromatic carbocycles. The molecule has 0 saturated carbocycles.